The molecule has 0 spiro atoms. The van der Waals surface area contributed by atoms with E-state index in [0.717, 1.165) is 12.8 Å². The lowest BCUT2D eigenvalue weighted by Crippen LogP contribution is -2.47. The van der Waals surface area contributed by atoms with Crippen molar-refractivity contribution in [3.63, 3.8) is 0 Å². The van der Waals surface area contributed by atoms with Crippen LogP contribution in [-0.4, -0.2) is 36.1 Å². The van der Waals surface area contributed by atoms with E-state index < -0.39 is 5.41 Å². The smallest absolute Gasteiger partial charge is 0.226 e. The average molecular weight is 343 g/mol. The van der Waals surface area contributed by atoms with E-state index in [4.69, 9.17) is 4.74 Å². The van der Waals surface area contributed by atoms with Crippen molar-refractivity contribution < 1.29 is 14.3 Å². The van der Waals surface area contributed by atoms with Gasteiger partial charge in [0.15, 0.2) is 0 Å². The Kier molecular flexibility index (Phi) is 8.97. The number of ether oxygens (including phenoxy) is 1. The molecule has 0 bridgehead atoms. The van der Waals surface area contributed by atoms with Gasteiger partial charge in [-0.2, -0.15) is 0 Å². The van der Waals surface area contributed by atoms with Gasteiger partial charge in [-0.25, -0.2) is 0 Å². The molecule has 0 radical (unpaired) electrons. The van der Waals surface area contributed by atoms with Crippen molar-refractivity contribution in [3.8, 4) is 0 Å². The summed E-state index contributed by atoms with van der Waals surface area (Å²) in [5, 5.41) is 5.93. The van der Waals surface area contributed by atoms with Crippen molar-refractivity contribution in [1.82, 2.24) is 10.6 Å². The van der Waals surface area contributed by atoms with Crippen LogP contribution in [0.15, 0.2) is 0 Å². The third kappa shape index (κ3) is 10.6. The Hall–Kier alpha value is -1.10. The lowest BCUT2D eigenvalue weighted by Gasteiger charge is -2.31. The first-order valence-electron chi connectivity index (χ1n) is 9.02. The highest BCUT2D eigenvalue weighted by molar-refractivity contribution is 5.82. The van der Waals surface area contributed by atoms with E-state index in [1.165, 1.54) is 0 Å². The van der Waals surface area contributed by atoms with Gasteiger partial charge in [-0.05, 0) is 53.9 Å². The van der Waals surface area contributed by atoms with Crippen LogP contribution in [-0.2, 0) is 14.3 Å². The van der Waals surface area contributed by atoms with Gasteiger partial charge in [0.25, 0.3) is 0 Å². The summed E-state index contributed by atoms with van der Waals surface area (Å²) in [7, 11) is 0. The molecule has 0 aromatic rings. The van der Waals surface area contributed by atoms with E-state index in [-0.39, 0.29) is 23.0 Å². The molecule has 142 valence electrons. The van der Waals surface area contributed by atoms with Crippen molar-refractivity contribution >= 4 is 11.8 Å². The summed E-state index contributed by atoms with van der Waals surface area (Å²) in [6.45, 7) is 17.0. The van der Waals surface area contributed by atoms with Gasteiger partial charge < -0.3 is 15.4 Å². The second kappa shape index (κ2) is 9.40. The number of carbonyl (C=O) groups is 2. The maximum absolute atomic E-state index is 12.3. The molecule has 0 saturated carbocycles. The number of hydrogen-bond donors (Lipinski definition) is 2. The maximum Gasteiger partial charge on any atom is 0.226 e. The highest BCUT2D eigenvalue weighted by Gasteiger charge is 2.31. The molecule has 0 aliphatic rings. The van der Waals surface area contributed by atoms with Gasteiger partial charge in [0, 0.05) is 30.5 Å². The van der Waals surface area contributed by atoms with Gasteiger partial charge in [0.05, 0.1) is 5.60 Å². The van der Waals surface area contributed by atoms with Crippen LogP contribution in [0.3, 0.4) is 0 Å². The molecule has 2 N–H and O–H groups in total. The number of carbonyl (C=O) groups excluding carboxylic acids is 2. The highest BCUT2D eigenvalue weighted by atomic mass is 16.5. The summed E-state index contributed by atoms with van der Waals surface area (Å²) in [5.41, 5.74) is -1.03. The third-order valence-electron chi connectivity index (χ3n) is 3.85. The highest BCUT2D eigenvalue weighted by Crippen LogP contribution is 2.24. The van der Waals surface area contributed by atoms with Crippen LogP contribution in [0, 0.1) is 5.41 Å². The zero-order chi connectivity index (χ0) is 19.0. The van der Waals surface area contributed by atoms with Gasteiger partial charge in [0.2, 0.25) is 11.8 Å². The van der Waals surface area contributed by atoms with Crippen LogP contribution in [0.4, 0.5) is 0 Å². The summed E-state index contributed by atoms with van der Waals surface area (Å²) in [6.07, 6.45) is 2.83. The lowest BCUT2D eigenvalue weighted by atomic mass is 9.87. The fourth-order valence-corrected chi connectivity index (χ4v) is 2.10. The molecule has 5 nitrogen and oxygen atoms in total. The molecule has 0 fully saturated rings. The maximum atomic E-state index is 12.3. The van der Waals surface area contributed by atoms with Crippen molar-refractivity contribution in [2.45, 2.75) is 92.2 Å². The fourth-order valence-electron chi connectivity index (χ4n) is 2.10. The first-order valence-corrected chi connectivity index (χ1v) is 9.02. The summed E-state index contributed by atoms with van der Waals surface area (Å²) in [6, 6.07) is 0. The van der Waals surface area contributed by atoms with Gasteiger partial charge in [-0.15, -0.1) is 0 Å². The molecule has 0 rings (SSSR count). The largest absolute Gasteiger partial charge is 0.375 e. The molecule has 0 atom stereocenters. The fraction of sp³-hybridized carbons (Fsp3) is 0.895. The number of amides is 2. The van der Waals surface area contributed by atoms with Crippen LogP contribution < -0.4 is 10.6 Å². The van der Waals surface area contributed by atoms with Crippen LogP contribution in [0.1, 0.15) is 81.1 Å². The number of rotatable bonds is 10. The van der Waals surface area contributed by atoms with Crippen LogP contribution >= 0.6 is 0 Å². The second-order valence-electron chi connectivity index (χ2n) is 8.80. The lowest BCUT2D eigenvalue weighted by molar-refractivity contribution is -0.133. The molecule has 2 amide bonds. The molecule has 0 aromatic heterocycles. The van der Waals surface area contributed by atoms with E-state index in [2.05, 4.69) is 10.6 Å². The second-order valence-corrected chi connectivity index (χ2v) is 8.80. The van der Waals surface area contributed by atoms with Crippen molar-refractivity contribution in [2.24, 2.45) is 5.41 Å². The zero-order valence-corrected chi connectivity index (χ0v) is 17.0. The van der Waals surface area contributed by atoms with Crippen LogP contribution in [0.5, 0.6) is 0 Å². The molecule has 0 heterocycles. The minimum Gasteiger partial charge on any atom is -0.375 e. The normalized spacial score (nSPS) is 12.8. The molecule has 0 aromatic carbocycles. The number of hydrogen-bond acceptors (Lipinski definition) is 3. The van der Waals surface area contributed by atoms with E-state index in [0.29, 0.717) is 26.0 Å². The molecule has 0 saturated heterocycles. The molecule has 24 heavy (non-hydrogen) atoms. The molecule has 0 aliphatic carbocycles. The Morgan fingerprint density at radius 1 is 0.958 bits per heavy atom. The van der Waals surface area contributed by atoms with Crippen molar-refractivity contribution in [3.05, 3.63) is 0 Å². The molecular formula is C19H38N2O3. The Balaban J connectivity index is 4.22. The summed E-state index contributed by atoms with van der Waals surface area (Å²) in [5.74, 6) is 0.136. The Labute approximate surface area is 148 Å². The van der Waals surface area contributed by atoms with E-state index in [1.807, 2.05) is 55.4 Å². The molecule has 5 heteroatoms. The number of nitrogens with one attached hydrogen (secondary N) is 2. The van der Waals surface area contributed by atoms with Crippen molar-refractivity contribution in [1.29, 1.82) is 0 Å². The quantitative estimate of drug-likeness (QED) is 0.639. The van der Waals surface area contributed by atoms with Crippen LogP contribution in [0.2, 0.25) is 0 Å². The average Bonchev–Trinajstić information content (AvgIpc) is 2.36. The third-order valence-corrected chi connectivity index (χ3v) is 3.85. The summed E-state index contributed by atoms with van der Waals surface area (Å²) < 4.78 is 5.96. The monoisotopic (exact) mass is 342 g/mol. The van der Waals surface area contributed by atoms with E-state index in [9.17, 15) is 9.59 Å². The van der Waals surface area contributed by atoms with Crippen molar-refractivity contribution in [2.75, 3.05) is 13.2 Å². The molecule has 0 aliphatic heterocycles. The summed E-state index contributed by atoms with van der Waals surface area (Å²) >= 11 is 0. The first-order chi connectivity index (χ1) is 10.8. The van der Waals surface area contributed by atoms with Gasteiger partial charge in [0.1, 0.15) is 0 Å². The standard InChI is InChI=1S/C19H38N2O3/c1-9-10-15(22)20-13-11-19(7,8)24-14-12-18(5,6)16(23)21-17(2,3)4/h9-14H2,1-8H3,(H,20,22)(H,21,23). The Morgan fingerprint density at radius 3 is 2.04 bits per heavy atom. The van der Waals surface area contributed by atoms with E-state index in [1.54, 1.807) is 0 Å². The van der Waals surface area contributed by atoms with E-state index >= 15 is 0 Å². The minimum atomic E-state index is -0.474. The summed E-state index contributed by atoms with van der Waals surface area (Å²) in [4.78, 5) is 23.8. The van der Waals surface area contributed by atoms with Gasteiger partial charge in [-0.3, -0.25) is 9.59 Å². The van der Waals surface area contributed by atoms with Gasteiger partial charge in [-0.1, -0.05) is 20.8 Å². The zero-order valence-electron chi connectivity index (χ0n) is 17.0. The van der Waals surface area contributed by atoms with Gasteiger partial charge >= 0.3 is 0 Å². The SMILES string of the molecule is CCCC(=O)NCCC(C)(C)OCCC(C)(C)C(=O)NC(C)(C)C. The predicted octanol–water partition coefficient (Wildman–Crippen LogP) is 3.42. The topological polar surface area (TPSA) is 67.4 Å². The van der Waals surface area contributed by atoms with Crippen LogP contribution in [0.25, 0.3) is 0 Å². The molecule has 0 unspecified atom stereocenters. The minimum absolute atomic E-state index is 0.0447. The molecular weight excluding hydrogens is 304 g/mol. The Bertz CT molecular complexity index is 409. The Morgan fingerprint density at radius 2 is 1.54 bits per heavy atom. The predicted molar refractivity (Wildman–Crippen MR) is 98.9 cm³/mol. The first kappa shape index (κ1) is 22.9.